The quantitative estimate of drug-likeness (QED) is 0.640. The van der Waals surface area contributed by atoms with Crippen LogP contribution in [0, 0.1) is 0 Å². The highest BCUT2D eigenvalue weighted by molar-refractivity contribution is 5.96. The van der Waals surface area contributed by atoms with Gasteiger partial charge in [-0.1, -0.05) is 12.1 Å². The van der Waals surface area contributed by atoms with Gasteiger partial charge in [-0.3, -0.25) is 4.79 Å². The van der Waals surface area contributed by atoms with Crippen LogP contribution in [-0.4, -0.2) is 30.6 Å². The predicted octanol–water partition coefficient (Wildman–Crippen LogP) is 3.59. The lowest BCUT2D eigenvalue weighted by Crippen LogP contribution is -2.30. The van der Waals surface area contributed by atoms with E-state index in [1.165, 1.54) is 13.0 Å². The molecular formula is C17H12F6N6O. The number of hydrogen-bond donors (Lipinski definition) is 1. The average molecular weight is 430 g/mol. The van der Waals surface area contributed by atoms with Crippen molar-refractivity contribution in [1.29, 1.82) is 0 Å². The average Bonchev–Trinajstić information content (AvgIpc) is 3.16. The number of alkyl halides is 6. The summed E-state index contributed by atoms with van der Waals surface area (Å²) in [4.78, 5) is 23.5. The molecule has 1 aromatic carbocycles. The van der Waals surface area contributed by atoms with Crippen molar-refractivity contribution in [1.82, 2.24) is 30.0 Å². The Labute approximate surface area is 164 Å². The standard InChI is InChI=1S/C17H12F6N6O/c1-9(28-14(30)11-4-2-3-5-12(11)17(21,22)23)13-26-8-27-29(13)15-24-6-10(7-25-15)16(18,19)20/h2-9H,1H3,(H,28,30)/t9-/m0/s1. The Morgan fingerprint density at radius 3 is 2.23 bits per heavy atom. The van der Waals surface area contributed by atoms with Crippen LogP contribution in [0.1, 0.15) is 40.3 Å². The number of benzene rings is 1. The number of hydrogen-bond acceptors (Lipinski definition) is 5. The van der Waals surface area contributed by atoms with Crippen LogP contribution in [0.15, 0.2) is 43.0 Å². The number of carbonyl (C=O) groups excluding carboxylic acids is 1. The van der Waals surface area contributed by atoms with E-state index >= 15 is 0 Å². The van der Waals surface area contributed by atoms with E-state index in [0.29, 0.717) is 12.4 Å². The molecular weight excluding hydrogens is 418 g/mol. The highest BCUT2D eigenvalue weighted by Gasteiger charge is 2.35. The molecule has 3 aromatic rings. The molecule has 3 rings (SSSR count). The van der Waals surface area contributed by atoms with Crippen LogP contribution < -0.4 is 5.32 Å². The molecule has 158 valence electrons. The van der Waals surface area contributed by atoms with Gasteiger partial charge in [0.05, 0.1) is 22.7 Å². The summed E-state index contributed by atoms with van der Waals surface area (Å²) in [5, 5.41) is 6.16. The summed E-state index contributed by atoms with van der Waals surface area (Å²) in [5.41, 5.74) is -2.77. The number of amides is 1. The number of rotatable bonds is 4. The molecule has 0 saturated heterocycles. The third kappa shape index (κ3) is 4.39. The minimum Gasteiger partial charge on any atom is -0.342 e. The smallest absolute Gasteiger partial charge is 0.342 e. The molecule has 0 saturated carbocycles. The summed E-state index contributed by atoms with van der Waals surface area (Å²) in [5.74, 6) is -1.27. The third-order valence-electron chi connectivity index (χ3n) is 3.94. The number of halogens is 6. The molecule has 13 heteroatoms. The van der Waals surface area contributed by atoms with Gasteiger partial charge in [-0.25, -0.2) is 15.0 Å². The number of nitrogens with one attached hydrogen (secondary N) is 1. The Bertz CT molecular complexity index is 1040. The van der Waals surface area contributed by atoms with Crippen molar-refractivity contribution in [2.75, 3.05) is 0 Å². The van der Waals surface area contributed by atoms with Crippen LogP contribution in [0.2, 0.25) is 0 Å². The molecule has 0 radical (unpaired) electrons. The first-order chi connectivity index (χ1) is 14.0. The van der Waals surface area contributed by atoms with E-state index in [-0.39, 0.29) is 11.8 Å². The highest BCUT2D eigenvalue weighted by atomic mass is 19.4. The van der Waals surface area contributed by atoms with E-state index in [0.717, 1.165) is 29.2 Å². The lowest BCUT2D eigenvalue weighted by atomic mass is 10.1. The van der Waals surface area contributed by atoms with Crippen LogP contribution in [-0.2, 0) is 12.4 Å². The van der Waals surface area contributed by atoms with Crippen molar-refractivity contribution in [2.45, 2.75) is 25.3 Å². The zero-order valence-electron chi connectivity index (χ0n) is 15.0. The summed E-state index contributed by atoms with van der Waals surface area (Å²) < 4.78 is 78.3. The summed E-state index contributed by atoms with van der Waals surface area (Å²) in [7, 11) is 0. The second kappa shape index (κ2) is 7.72. The van der Waals surface area contributed by atoms with Gasteiger partial charge < -0.3 is 5.32 Å². The Morgan fingerprint density at radius 1 is 1.00 bits per heavy atom. The maximum Gasteiger partial charge on any atom is 0.419 e. The first kappa shape index (κ1) is 21.2. The van der Waals surface area contributed by atoms with E-state index < -0.39 is 41.0 Å². The molecule has 1 amide bonds. The molecule has 0 aliphatic heterocycles. The van der Waals surface area contributed by atoms with Crippen molar-refractivity contribution in [2.24, 2.45) is 0 Å². The minimum absolute atomic E-state index is 0.00704. The van der Waals surface area contributed by atoms with Gasteiger partial charge in [-0.2, -0.15) is 36.1 Å². The van der Waals surface area contributed by atoms with Crippen molar-refractivity contribution in [3.05, 3.63) is 65.5 Å². The lowest BCUT2D eigenvalue weighted by Gasteiger charge is -2.16. The molecule has 1 N–H and O–H groups in total. The largest absolute Gasteiger partial charge is 0.419 e. The summed E-state index contributed by atoms with van der Waals surface area (Å²) >= 11 is 0. The molecule has 30 heavy (non-hydrogen) atoms. The van der Waals surface area contributed by atoms with E-state index in [9.17, 15) is 31.1 Å². The number of carbonyl (C=O) groups is 1. The van der Waals surface area contributed by atoms with Gasteiger partial charge in [-0.05, 0) is 19.1 Å². The van der Waals surface area contributed by atoms with E-state index in [1.54, 1.807) is 0 Å². The van der Waals surface area contributed by atoms with Gasteiger partial charge in [0.1, 0.15) is 6.33 Å². The van der Waals surface area contributed by atoms with Crippen molar-refractivity contribution in [3.63, 3.8) is 0 Å². The Morgan fingerprint density at radius 2 is 1.63 bits per heavy atom. The van der Waals surface area contributed by atoms with Crippen LogP contribution in [0.3, 0.4) is 0 Å². The van der Waals surface area contributed by atoms with Gasteiger partial charge in [0, 0.05) is 12.4 Å². The van der Waals surface area contributed by atoms with Crippen LogP contribution in [0.5, 0.6) is 0 Å². The molecule has 0 unspecified atom stereocenters. The van der Waals surface area contributed by atoms with Crippen LogP contribution in [0.4, 0.5) is 26.3 Å². The van der Waals surface area contributed by atoms with Crippen molar-refractivity contribution in [3.8, 4) is 5.95 Å². The van der Waals surface area contributed by atoms with Crippen molar-refractivity contribution < 1.29 is 31.1 Å². The Kier molecular flexibility index (Phi) is 5.46. The van der Waals surface area contributed by atoms with Crippen molar-refractivity contribution >= 4 is 5.91 Å². The molecule has 1 atom stereocenters. The minimum atomic E-state index is -4.73. The molecule has 2 aromatic heterocycles. The molecule has 7 nitrogen and oxygen atoms in total. The fourth-order valence-electron chi connectivity index (χ4n) is 2.54. The zero-order valence-corrected chi connectivity index (χ0v) is 15.0. The second-order valence-electron chi connectivity index (χ2n) is 6.04. The monoisotopic (exact) mass is 430 g/mol. The lowest BCUT2D eigenvalue weighted by molar-refractivity contribution is -0.138. The first-order valence-corrected chi connectivity index (χ1v) is 8.25. The van der Waals surface area contributed by atoms with Crippen LogP contribution >= 0.6 is 0 Å². The molecule has 2 heterocycles. The topological polar surface area (TPSA) is 85.6 Å². The fraction of sp³-hybridized carbons (Fsp3) is 0.235. The van der Waals surface area contributed by atoms with Gasteiger partial charge in [0.25, 0.3) is 11.9 Å². The second-order valence-corrected chi connectivity index (χ2v) is 6.04. The van der Waals surface area contributed by atoms with E-state index in [2.05, 4.69) is 25.4 Å². The first-order valence-electron chi connectivity index (χ1n) is 8.25. The molecule has 0 aliphatic rings. The molecule has 0 aliphatic carbocycles. The van der Waals surface area contributed by atoms with Gasteiger partial charge >= 0.3 is 12.4 Å². The summed E-state index contributed by atoms with van der Waals surface area (Å²) in [6.07, 6.45) is -7.21. The predicted molar refractivity (Wildman–Crippen MR) is 89.3 cm³/mol. The number of aromatic nitrogens is 5. The summed E-state index contributed by atoms with van der Waals surface area (Å²) in [6, 6.07) is 3.27. The maximum atomic E-state index is 13.1. The van der Waals surface area contributed by atoms with Gasteiger partial charge in [0.15, 0.2) is 5.82 Å². The molecule has 0 bridgehead atoms. The normalized spacial score (nSPS) is 13.2. The maximum absolute atomic E-state index is 13.1. The zero-order chi connectivity index (χ0) is 22.1. The van der Waals surface area contributed by atoms with Gasteiger partial charge in [-0.15, -0.1) is 0 Å². The Hall–Kier alpha value is -3.51. The summed E-state index contributed by atoms with van der Waals surface area (Å²) in [6.45, 7) is 1.42. The fourth-order valence-corrected chi connectivity index (χ4v) is 2.54. The van der Waals surface area contributed by atoms with Gasteiger partial charge in [0.2, 0.25) is 0 Å². The SMILES string of the molecule is C[C@H](NC(=O)c1ccccc1C(F)(F)F)c1ncnn1-c1ncc(C(F)(F)F)cn1. The Balaban J connectivity index is 1.84. The highest BCUT2D eigenvalue weighted by Crippen LogP contribution is 2.32. The number of nitrogens with zero attached hydrogens (tertiary/aromatic N) is 5. The van der Waals surface area contributed by atoms with E-state index in [1.807, 2.05) is 0 Å². The van der Waals surface area contributed by atoms with Crippen LogP contribution in [0.25, 0.3) is 5.95 Å². The van der Waals surface area contributed by atoms with E-state index in [4.69, 9.17) is 0 Å². The molecule has 0 fully saturated rings. The third-order valence-corrected chi connectivity index (χ3v) is 3.94. The molecule has 0 spiro atoms.